The zero-order chi connectivity index (χ0) is 31.9. The monoisotopic (exact) mass is 613 g/mol. The fourth-order valence-electron chi connectivity index (χ4n) is 6.91. The van der Waals surface area contributed by atoms with Crippen LogP contribution in [0.3, 0.4) is 0 Å². The Morgan fingerprint density at radius 3 is 1.50 bits per heavy atom. The van der Waals surface area contributed by atoms with E-state index in [0.29, 0.717) is 0 Å². The van der Waals surface area contributed by atoms with Crippen LogP contribution in [0.4, 0.5) is 17.1 Å². The van der Waals surface area contributed by atoms with E-state index in [0.717, 1.165) is 50.1 Å². The summed E-state index contributed by atoms with van der Waals surface area (Å²) in [4.78, 5) is 2.29. The molecule has 226 valence electrons. The van der Waals surface area contributed by atoms with Crippen molar-refractivity contribution in [3.05, 3.63) is 188 Å². The number of para-hydroxylation sites is 1. The van der Waals surface area contributed by atoms with Crippen molar-refractivity contribution < 1.29 is 4.42 Å². The Kier molecular flexibility index (Phi) is 6.84. The smallest absolute Gasteiger partial charge is 0.143 e. The number of fused-ring (bicyclic) bond motifs is 4. The molecule has 8 aromatic carbocycles. The Hall–Kier alpha value is -6.38. The van der Waals surface area contributed by atoms with Gasteiger partial charge >= 0.3 is 0 Å². The first-order valence-corrected chi connectivity index (χ1v) is 16.3. The SMILES string of the molecule is c1ccc(-c2ccc(-c3c4ccccc4cc4c3oc3cc(N(c5ccccc5)c5ccc(-c6ccccc6)cc5)ccc34)cc2)cc1. The van der Waals surface area contributed by atoms with Crippen LogP contribution in [0.5, 0.6) is 0 Å². The number of anilines is 3. The molecule has 1 aromatic heterocycles. The van der Waals surface area contributed by atoms with Gasteiger partial charge in [-0.25, -0.2) is 0 Å². The first-order valence-electron chi connectivity index (χ1n) is 16.3. The maximum Gasteiger partial charge on any atom is 0.143 e. The van der Waals surface area contributed by atoms with Crippen molar-refractivity contribution >= 4 is 49.8 Å². The van der Waals surface area contributed by atoms with E-state index in [-0.39, 0.29) is 0 Å². The second-order valence-electron chi connectivity index (χ2n) is 12.2. The molecular formula is C46H31NO. The summed E-state index contributed by atoms with van der Waals surface area (Å²) < 4.78 is 6.87. The summed E-state index contributed by atoms with van der Waals surface area (Å²) in [6, 6.07) is 66.7. The zero-order valence-electron chi connectivity index (χ0n) is 26.3. The molecule has 9 aromatic rings. The molecule has 0 bridgehead atoms. The van der Waals surface area contributed by atoms with Gasteiger partial charge in [-0.15, -0.1) is 0 Å². The van der Waals surface area contributed by atoms with Crippen LogP contribution in [-0.4, -0.2) is 0 Å². The molecule has 0 radical (unpaired) electrons. The van der Waals surface area contributed by atoms with Gasteiger partial charge in [0, 0.05) is 39.5 Å². The second kappa shape index (κ2) is 11.8. The standard InChI is InChI=1S/C46H31NO/c1-4-12-32(13-5-1)34-20-22-36(23-21-34)45-41-19-11-10-16-37(41)30-43-42-29-28-40(31-44(42)48-46(43)45)47(38-17-8-3-9-18-38)39-26-24-35(25-27-39)33-14-6-2-7-15-33/h1-31H. The van der Waals surface area contributed by atoms with Crippen LogP contribution < -0.4 is 4.90 Å². The lowest BCUT2D eigenvalue weighted by Gasteiger charge is -2.25. The third kappa shape index (κ3) is 4.92. The summed E-state index contributed by atoms with van der Waals surface area (Å²) in [6.45, 7) is 0. The average Bonchev–Trinajstić information content (AvgIpc) is 3.53. The molecule has 0 atom stereocenters. The van der Waals surface area contributed by atoms with E-state index >= 15 is 0 Å². The van der Waals surface area contributed by atoms with E-state index in [1.165, 1.54) is 33.0 Å². The Bertz CT molecular complexity index is 2520. The number of benzene rings is 8. The van der Waals surface area contributed by atoms with E-state index in [9.17, 15) is 0 Å². The molecule has 0 spiro atoms. The minimum absolute atomic E-state index is 0.863. The van der Waals surface area contributed by atoms with Gasteiger partial charge in [0.15, 0.2) is 0 Å². The lowest BCUT2D eigenvalue weighted by molar-refractivity contribution is 0.670. The number of furan rings is 1. The first kappa shape index (κ1) is 27.9. The molecule has 0 unspecified atom stereocenters. The molecule has 48 heavy (non-hydrogen) atoms. The molecule has 0 amide bonds. The van der Waals surface area contributed by atoms with E-state index in [2.05, 4.69) is 193 Å². The number of hydrogen-bond acceptors (Lipinski definition) is 2. The van der Waals surface area contributed by atoms with Crippen molar-refractivity contribution in [3.63, 3.8) is 0 Å². The molecule has 0 saturated carbocycles. The van der Waals surface area contributed by atoms with Gasteiger partial charge in [0.2, 0.25) is 0 Å². The summed E-state index contributed by atoms with van der Waals surface area (Å²) in [5.41, 5.74) is 12.0. The predicted octanol–water partition coefficient (Wildman–Crippen LogP) is 13.2. The molecule has 2 heteroatoms. The largest absolute Gasteiger partial charge is 0.455 e. The van der Waals surface area contributed by atoms with Gasteiger partial charge in [0.05, 0.1) is 0 Å². The van der Waals surface area contributed by atoms with Gasteiger partial charge in [-0.2, -0.15) is 0 Å². The quantitative estimate of drug-likeness (QED) is 0.185. The lowest BCUT2D eigenvalue weighted by Crippen LogP contribution is -2.09. The molecule has 1 heterocycles. The van der Waals surface area contributed by atoms with Gasteiger partial charge in [-0.05, 0) is 81.1 Å². The molecule has 0 saturated heterocycles. The Balaban J connectivity index is 1.19. The predicted molar refractivity (Wildman–Crippen MR) is 202 cm³/mol. The van der Waals surface area contributed by atoms with Crippen molar-refractivity contribution in [1.82, 2.24) is 0 Å². The molecule has 0 aliphatic heterocycles. The molecule has 0 aliphatic carbocycles. The highest BCUT2D eigenvalue weighted by molar-refractivity contribution is 6.18. The van der Waals surface area contributed by atoms with Crippen LogP contribution in [-0.2, 0) is 0 Å². The second-order valence-corrected chi connectivity index (χ2v) is 12.2. The van der Waals surface area contributed by atoms with E-state index in [4.69, 9.17) is 4.42 Å². The average molecular weight is 614 g/mol. The minimum atomic E-state index is 0.863. The molecule has 2 nitrogen and oxygen atoms in total. The summed E-state index contributed by atoms with van der Waals surface area (Å²) in [5.74, 6) is 0. The maximum atomic E-state index is 6.87. The Morgan fingerprint density at radius 2 is 0.833 bits per heavy atom. The summed E-state index contributed by atoms with van der Waals surface area (Å²) in [5, 5.41) is 4.61. The summed E-state index contributed by atoms with van der Waals surface area (Å²) in [6.07, 6.45) is 0. The summed E-state index contributed by atoms with van der Waals surface area (Å²) in [7, 11) is 0. The van der Waals surface area contributed by atoms with Gasteiger partial charge < -0.3 is 9.32 Å². The Morgan fingerprint density at radius 1 is 0.333 bits per heavy atom. The normalized spacial score (nSPS) is 11.3. The van der Waals surface area contributed by atoms with Crippen molar-refractivity contribution in [1.29, 1.82) is 0 Å². The van der Waals surface area contributed by atoms with Gasteiger partial charge in [0.1, 0.15) is 11.2 Å². The minimum Gasteiger partial charge on any atom is -0.455 e. The highest BCUT2D eigenvalue weighted by Gasteiger charge is 2.19. The molecular weight excluding hydrogens is 583 g/mol. The van der Waals surface area contributed by atoms with E-state index < -0.39 is 0 Å². The van der Waals surface area contributed by atoms with E-state index in [1.807, 2.05) is 0 Å². The van der Waals surface area contributed by atoms with Crippen LogP contribution in [0, 0.1) is 0 Å². The van der Waals surface area contributed by atoms with Gasteiger partial charge in [0.25, 0.3) is 0 Å². The number of hydrogen-bond donors (Lipinski definition) is 0. The van der Waals surface area contributed by atoms with Crippen molar-refractivity contribution in [3.8, 4) is 33.4 Å². The highest BCUT2D eigenvalue weighted by Crippen LogP contribution is 2.44. The van der Waals surface area contributed by atoms with Gasteiger partial charge in [-0.1, -0.05) is 140 Å². The summed E-state index contributed by atoms with van der Waals surface area (Å²) >= 11 is 0. The van der Waals surface area contributed by atoms with Crippen LogP contribution >= 0.6 is 0 Å². The fourth-order valence-corrected chi connectivity index (χ4v) is 6.91. The van der Waals surface area contributed by atoms with Crippen molar-refractivity contribution in [2.75, 3.05) is 4.90 Å². The zero-order valence-corrected chi connectivity index (χ0v) is 26.3. The van der Waals surface area contributed by atoms with Crippen LogP contribution in [0.1, 0.15) is 0 Å². The molecule has 0 N–H and O–H groups in total. The molecule has 9 rings (SSSR count). The fraction of sp³-hybridized carbons (Fsp3) is 0. The first-order chi connectivity index (χ1) is 23.8. The van der Waals surface area contributed by atoms with Gasteiger partial charge in [-0.3, -0.25) is 0 Å². The van der Waals surface area contributed by atoms with Crippen molar-refractivity contribution in [2.45, 2.75) is 0 Å². The highest BCUT2D eigenvalue weighted by atomic mass is 16.3. The molecule has 0 fully saturated rings. The third-order valence-electron chi connectivity index (χ3n) is 9.25. The number of nitrogens with zero attached hydrogens (tertiary/aromatic N) is 1. The van der Waals surface area contributed by atoms with Crippen molar-refractivity contribution in [2.24, 2.45) is 0 Å². The van der Waals surface area contributed by atoms with E-state index in [1.54, 1.807) is 0 Å². The third-order valence-corrected chi connectivity index (χ3v) is 9.25. The topological polar surface area (TPSA) is 16.4 Å². The maximum absolute atomic E-state index is 6.87. The van der Waals surface area contributed by atoms with Crippen LogP contribution in [0.2, 0.25) is 0 Å². The van der Waals surface area contributed by atoms with Crippen LogP contribution in [0.15, 0.2) is 192 Å². The van der Waals surface area contributed by atoms with Crippen LogP contribution in [0.25, 0.3) is 66.1 Å². The molecule has 0 aliphatic rings. The lowest BCUT2D eigenvalue weighted by atomic mass is 9.94. The Labute approximate surface area is 279 Å². The number of rotatable bonds is 6.